The van der Waals surface area contributed by atoms with Gasteiger partial charge in [0.1, 0.15) is 5.76 Å². The third-order valence-corrected chi connectivity index (χ3v) is 2.33. The first-order chi connectivity index (χ1) is 6.41. The molecule has 1 rings (SSSR count). The Morgan fingerprint density at radius 3 is 2.57 bits per heavy atom. The maximum Gasteiger partial charge on any atom is 0.307 e. The molecule has 14 heavy (non-hydrogen) atoms. The molecule has 0 saturated carbocycles. The molecular formula is C11H16O3. The topological polar surface area (TPSA) is 50.4 Å². The molecule has 1 atom stereocenters. The summed E-state index contributed by atoms with van der Waals surface area (Å²) in [5, 5.41) is 9.07. The van der Waals surface area contributed by atoms with Crippen LogP contribution in [0.15, 0.2) is 22.8 Å². The third kappa shape index (κ3) is 2.62. The third-order valence-electron chi connectivity index (χ3n) is 2.33. The second kappa shape index (κ2) is 3.86. The van der Waals surface area contributed by atoms with Crippen molar-refractivity contribution in [3.63, 3.8) is 0 Å². The van der Waals surface area contributed by atoms with Crippen molar-refractivity contribution in [1.29, 1.82) is 0 Å². The number of furan rings is 1. The van der Waals surface area contributed by atoms with Crippen LogP contribution in [-0.4, -0.2) is 11.1 Å². The fourth-order valence-corrected chi connectivity index (χ4v) is 1.39. The number of rotatable bonds is 3. The summed E-state index contributed by atoms with van der Waals surface area (Å²) in [4.78, 5) is 11.0. The van der Waals surface area contributed by atoms with E-state index in [9.17, 15) is 4.79 Å². The first-order valence-corrected chi connectivity index (χ1v) is 4.66. The fraction of sp³-hybridized carbons (Fsp3) is 0.545. The number of hydrogen-bond acceptors (Lipinski definition) is 2. The molecule has 1 aromatic rings. The average molecular weight is 196 g/mol. The van der Waals surface area contributed by atoms with Crippen LogP contribution in [0.5, 0.6) is 0 Å². The monoisotopic (exact) mass is 196 g/mol. The second-order valence-electron chi connectivity index (χ2n) is 4.54. The minimum absolute atomic E-state index is 0.251. The van der Waals surface area contributed by atoms with Crippen LogP contribution in [0.4, 0.5) is 0 Å². The minimum atomic E-state index is -0.770. The number of aliphatic carboxylic acids is 1. The molecular weight excluding hydrogens is 180 g/mol. The summed E-state index contributed by atoms with van der Waals surface area (Å²) >= 11 is 0. The molecule has 0 amide bonds. The molecule has 0 aromatic carbocycles. The van der Waals surface area contributed by atoms with Gasteiger partial charge < -0.3 is 9.52 Å². The van der Waals surface area contributed by atoms with Crippen molar-refractivity contribution in [3.8, 4) is 0 Å². The van der Waals surface area contributed by atoms with Gasteiger partial charge in [0.25, 0.3) is 0 Å². The minimum Gasteiger partial charge on any atom is -0.481 e. The van der Waals surface area contributed by atoms with E-state index in [1.807, 2.05) is 26.8 Å². The van der Waals surface area contributed by atoms with E-state index in [2.05, 4.69) is 0 Å². The van der Waals surface area contributed by atoms with Crippen LogP contribution >= 0.6 is 0 Å². The van der Waals surface area contributed by atoms with Crippen LogP contribution in [0.1, 0.15) is 26.5 Å². The predicted octanol–water partition coefficient (Wildman–Crippen LogP) is 2.57. The summed E-state index contributed by atoms with van der Waals surface area (Å²) in [6.07, 6.45) is 2.02. The van der Waals surface area contributed by atoms with Crippen LogP contribution in [0.2, 0.25) is 0 Å². The Kier molecular flexibility index (Phi) is 2.99. The second-order valence-corrected chi connectivity index (χ2v) is 4.54. The molecule has 0 saturated heterocycles. The Morgan fingerprint density at radius 1 is 1.57 bits per heavy atom. The van der Waals surface area contributed by atoms with Gasteiger partial charge in [0, 0.05) is 6.42 Å². The zero-order valence-electron chi connectivity index (χ0n) is 8.78. The van der Waals surface area contributed by atoms with Crippen molar-refractivity contribution in [3.05, 3.63) is 24.2 Å². The number of carbonyl (C=O) groups is 1. The van der Waals surface area contributed by atoms with Crippen LogP contribution in [-0.2, 0) is 11.2 Å². The van der Waals surface area contributed by atoms with Gasteiger partial charge in [-0.25, -0.2) is 0 Å². The van der Waals surface area contributed by atoms with Crippen molar-refractivity contribution < 1.29 is 14.3 Å². The lowest BCUT2D eigenvalue weighted by Crippen LogP contribution is -2.30. The first-order valence-electron chi connectivity index (χ1n) is 4.66. The molecule has 3 nitrogen and oxygen atoms in total. The Balaban J connectivity index is 2.76. The van der Waals surface area contributed by atoms with Crippen molar-refractivity contribution in [2.75, 3.05) is 0 Å². The van der Waals surface area contributed by atoms with Crippen molar-refractivity contribution in [1.82, 2.24) is 0 Å². The molecule has 78 valence electrons. The molecule has 1 N–H and O–H groups in total. The molecule has 3 heteroatoms. The van der Waals surface area contributed by atoms with Gasteiger partial charge in [0.15, 0.2) is 0 Å². The molecule has 0 aliphatic heterocycles. The maximum atomic E-state index is 11.0. The standard InChI is InChI=1S/C11H16O3/c1-11(2,3)9(10(12)13)7-8-5-4-6-14-8/h4-6,9H,7H2,1-3H3,(H,12,13)/t9-/m1/s1. The summed E-state index contributed by atoms with van der Waals surface area (Å²) < 4.78 is 5.15. The van der Waals surface area contributed by atoms with Crippen molar-refractivity contribution in [2.24, 2.45) is 11.3 Å². The van der Waals surface area contributed by atoms with Gasteiger partial charge in [-0.15, -0.1) is 0 Å². The number of carboxylic acids is 1. The van der Waals surface area contributed by atoms with Crippen molar-refractivity contribution in [2.45, 2.75) is 27.2 Å². The average Bonchev–Trinajstić information content (AvgIpc) is 2.48. The van der Waals surface area contributed by atoms with E-state index in [1.54, 1.807) is 12.3 Å². The Morgan fingerprint density at radius 2 is 2.21 bits per heavy atom. The van der Waals surface area contributed by atoms with Gasteiger partial charge in [0.2, 0.25) is 0 Å². The first kappa shape index (κ1) is 10.8. The summed E-state index contributed by atoms with van der Waals surface area (Å²) in [6.45, 7) is 5.78. The smallest absolute Gasteiger partial charge is 0.307 e. The molecule has 0 fully saturated rings. The van der Waals surface area contributed by atoms with Crippen LogP contribution in [0, 0.1) is 11.3 Å². The Labute approximate surface area is 83.7 Å². The van der Waals surface area contributed by atoms with E-state index >= 15 is 0 Å². The highest BCUT2D eigenvalue weighted by Crippen LogP contribution is 2.29. The summed E-state index contributed by atoms with van der Waals surface area (Å²) in [7, 11) is 0. The van der Waals surface area contributed by atoms with Crippen LogP contribution < -0.4 is 0 Å². The zero-order chi connectivity index (χ0) is 10.8. The molecule has 0 aliphatic rings. The quantitative estimate of drug-likeness (QED) is 0.808. The lowest BCUT2D eigenvalue weighted by atomic mass is 9.78. The van der Waals surface area contributed by atoms with Crippen LogP contribution in [0.25, 0.3) is 0 Å². The molecule has 1 heterocycles. The summed E-state index contributed by atoms with van der Waals surface area (Å²) in [5.41, 5.74) is -0.251. The van der Waals surface area contributed by atoms with E-state index in [1.165, 1.54) is 0 Å². The normalized spacial score (nSPS) is 13.9. The van der Waals surface area contributed by atoms with E-state index in [0.717, 1.165) is 5.76 Å². The van der Waals surface area contributed by atoms with Gasteiger partial charge in [-0.2, -0.15) is 0 Å². The number of carboxylic acid groups (broad SMARTS) is 1. The molecule has 0 aliphatic carbocycles. The van der Waals surface area contributed by atoms with E-state index in [-0.39, 0.29) is 5.41 Å². The Bertz CT molecular complexity index is 293. The van der Waals surface area contributed by atoms with Gasteiger partial charge in [-0.3, -0.25) is 4.79 Å². The molecule has 0 radical (unpaired) electrons. The molecule has 0 bridgehead atoms. The highest BCUT2D eigenvalue weighted by molar-refractivity contribution is 5.71. The lowest BCUT2D eigenvalue weighted by molar-refractivity contribution is -0.145. The predicted molar refractivity (Wildman–Crippen MR) is 53.0 cm³/mol. The van der Waals surface area contributed by atoms with Crippen molar-refractivity contribution >= 4 is 5.97 Å². The highest BCUT2D eigenvalue weighted by Gasteiger charge is 2.31. The molecule has 0 spiro atoms. The molecule has 1 aromatic heterocycles. The lowest BCUT2D eigenvalue weighted by Gasteiger charge is -2.26. The fourth-order valence-electron chi connectivity index (χ4n) is 1.39. The van der Waals surface area contributed by atoms with Gasteiger partial charge in [-0.1, -0.05) is 20.8 Å². The van der Waals surface area contributed by atoms with E-state index < -0.39 is 11.9 Å². The molecule has 0 unspecified atom stereocenters. The Hall–Kier alpha value is -1.25. The van der Waals surface area contributed by atoms with Gasteiger partial charge in [0.05, 0.1) is 12.2 Å². The largest absolute Gasteiger partial charge is 0.481 e. The summed E-state index contributed by atoms with van der Waals surface area (Å²) in [5.74, 6) is -0.449. The number of hydrogen-bond donors (Lipinski definition) is 1. The maximum absolute atomic E-state index is 11.0. The highest BCUT2D eigenvalue weighted by atomic mass is 16.4. The SMILES string of the molecule is CC(C)(C)[C@H](Cc1ccco1)C(=O)O. The van der Waals surface area contributed by atoms with Gasteiger partial charge >= 0.3 is 5.97 Å². The van der Waals surface area contributed by atoms with Crippen LogP contribution in [0.3, 0.4) is 0 Å². The van der Waals surface area contributed by atoms with E-state index in [4.69, 9.17) is 9.52 Å². The summed E-state index contributed by atoms with van der Waals surface area (Å²) in [6, 6.07) is 3.58. The zero-order valence-corrected chi connectivity index (χ0v) is 8.78. The van der Waals surface area contributed by atoms with E-state index in [0.29, 0.717) is 6.42 Å². The van der Waals surface area contributed by atoms with Gasteiger partial charge in [-0.05, 0) is 17.5 Å².